The van der Waals surface area contributed by atoms with Crippen molar-refractivity contribution in [3.05, 3.63) is 79.2 Å². The van der Waals surface area contributed by atoms with Crippen LogP contribution in [0.4, 0.5) is 21.7 Å². The van der Waals surface area contributed by atoms with Crippen LogP contribution in [0.1, 0.15) is 12.2 Å². The molecule has 0 saturated heterocycles. The van der Waals surface area contributed by atoms with E-state index < -0.39 is 5.82 Å². The van der Waals surface area contributed by atoms with Gasteiger partial charge in [-0.3, -0.25) is 4.79 Å². The first-order valence-corrected chi connectivity index (χ1v) is 12.1. The number of aromatic nitrogens is 4. The fourth-order valence-corrected chi connectivity index (χ4v) is 4.09. The van der Waals surface area contributed by atoms with Crippen molar-refractivity contribution in [1.82, 2.24) is 19.9 Å². The number of benzene rings is 2. The Morgan fingerprint density at radius 3 is 2.90 bits per heavy atom. The molecule has 39 heavy (non-hydrogen) atoms. The molecule has 0 spiro atoms. The Hall–Kier alpha value is -5.03. The number of furan rings is 1. The third-order valence-corrected chi connectivity index (χ3v) is 5.93. The fraction of sp³-hybridized carbons (Fsp3) is 0.143. The molecule has 3 heterocycles. The topological polar surface area (TPSA) is 138 Å². The van der Waals surface area contributed by atoms with Gasteiger partial charge in [0, 0.05) is 35.9 Å². The van der Waals surface area contributed by atoms with Gasteiger partial charge in [-0.1, -0.05) is 6.58 Å². The Bertz CT molecular complexity index is 1660. The molecule has 5 rings (SSSR count). The predicted octanol–water partition coefficient (Wildman–Crippen LogP) is 5.22. The molecule has 3 aromatic heterocycles. The molecule has 5 aromatic rings. The molecular formula is C28H25FN6O4. The van der Waals surface area contributed by atoms with Gasteiger partial charge in [0.05, 0.1) is 30.4 Å². The number of aryl methyl sites for hydroxylation is 1. The van der Waals surface area contributed by atoms with E-state index in [1.807, 2.05) is 0 Å². The summed E-state index contributed by atoms with van der Waals surface area (Å²) in [6.07, 6.45) is 5.18. The Morgan fingerprint density at radius 1 is 1.23 bits per heavy atom. The normalized spacial score (nSPS) is 10.9. The lowest BCUT2D eigenvalue weighted by molar-refractivity contribution is -0.111. The molecule has 0 bridgehead atoms. The molecule has 2 aromatic carbocycles. The van der Waals surface area contributed by atoms with Crippen LogP contribution in [0.2, 0.25) is 0 Å². The smallest absolute Gasteiger partial charge is 0.247 e. The second-order valence-electron chi connectivity index (χ2n) is 8.52. The number of carbonyl (C=O) groups is 1. The first kappa shape index (κ1) is 25.6. The van der Waals surface area contributed by atoms with E-state index in [2.05, 4.69) is 37.1 Å². The number of aliphatic hydroxyl groups excluding tert-OH is 1. The van der Waals surface area contributed by atoms with E-state index in [-0.39, 0.29) is 24.0 Å². The number of aliphatic hydroxyl groups is 1. The van der Waals surface area contributed by atoms with Gasteiger partial charge in [-0.25, -0.2) is 19.3 Å². The standard InChI is InChI=1S/C28H25FN6O4/c1-3-25(37)31-17-6-7-22(38-2)21(14-17)33-28-30-10-8-20(32-28)27-26(34-24(35-27)5-4-11-36)18-15-23-16(9-12-39-23)13-19(18)29/h3,6-10,12-15,36H,1,4-5,11H2,2H3,(H,31,37)(H,34,35)(H,30,32,33). The molecule has 4 N–H and O–H groups in total. The zero-order valence-electron chi connectivity index (χ0n) is 21.0. The summed E-state index contributed by atoms with van der Waals surface area (Å²) >= 11 is 0. The van der Waals surface area contributed by atoms with Crippen LogP contribution in [0.25, 0.3) is 33.6 Å². The number of anilines is 3. The highest BCUT2D eigenvalue weighted by Gasteiger charge is 2.20. The lowest BCUT2D eigenvalue weighted by Crippen LogP contribution is -2.08. The third kappa shape index (κ3) is 5.48. The van der Waals surface area contributed by atoms with E-state index in [0.717, 1.165) is 0 Å². The molecule has 10 nitrogen and oxygen atoms in total. The number of amides is 1. The maximum atomic E-state index is 15.2. The number of ether oxygens (including phenoxy) is 1. The lowest BCUT2D eigenvalue weighted by Gasteiger charge is -2.13. The molecule has 0 radical (unpaired) electrons. The maximum Gasteiger partial charge on any atom is 0.247 e. The van der Waals surface area contributed by atoms with Crippen molar-refractivity contribution < 1.29 is 23.4 Å². The van der Waals surface area contributed by atoms with Crippen LogP contribution in [-0.2, 0) is 11.2 Å². The molecule has 11 heteroatoms. The Balaban J connectivity index is 1.54. The van der Waals surface area contributed by atoms with Crippen LogP contribution in [0.15, 0.2) is 72.0 Å². The number of H-pyrrole nitrogens is 1. The minimum atomic E-state index is -0.458. The van der Waals surface area contributed by atoms with Crippen LogP contribution in [0.5, 0.6) is 5.75 Å². The summed E-state index contributed by atoms with van der Waals surface area (Å²) in [6, 6.07) is 11.4. The van der Waals surface area contributed by atoms with E-state index >= 15 is 4.39 Å². The van der Waals surface area contributed by atoms with Crippen molar-refractivity contribution >= 4 is 34.2 Å². The van der Waals surface area contributed by atoms with E-state index in [9.17, 15) is 9.90 Å². The number of hydrogen-bond acceptors (Lipinski definition) is 8. The average molecular weight is 529 g/mol. The number of rotatable bonds is 10. The summed E-state index contributed by atoms with van der Waals surface area (Å²) in [4.78, 5) is 28.6. The number of hydrogen-bond donors (Lipinski definition) is 4. The molecular weight excluding hydrogens is 503 g/mol. The number of nitrogens with one attached hydrogen (secondary N) is 3. The van der Waals surface area contributed by atoms with Crippen molar-refractivity contribution in [2.75, 3.05) is 24.4 Å². The number of aromatic amines is 1. The molecule has 1 amide bonds. The predicted molar refractivity (Wildman–Crippen MR) is 145 cm³/mol. The largest absolute Gasteiger partial charge is 0.495 e. The zero-order chi connectivity index (χ0) is 27.4. The molecule has 0 unspecified atom stereocenters. The van der Waals surface area contributed by atoms with Crippen LogP contribution >= 0.6 is 0 Å². The summed E-state index contributed by atoms with van der Waals surface area (Å²) in [6.45, 7) is 3.46. The number of halogens is 1. The van der Waals surface area contributed by atoms with Gasteiger partial charge in [-0.15, -0.1) is 0 Å². The Labute approximate surface area is 222 Å². The third-order valence-electron chi connectivity index (χ3n) is 5.93. The van der Waals surface area contributed by atoms with E-state index in [4.69, 9.17) is 9.15 Å². The monoisotopic (exact) mass is 528 g/mol. The van der Waals surface area contributed by atoms with E-state index in [1.165, 1.54) is 25.5 Å². The van der Waals surface area contributed by atoms with Gasteiger partial charge in [0.1, 0.15) is 28.7 Å². The molecule has 0 aliphatic carbocycles. The van der Waals surface area contributed by atoms with Gasteiger partial charge >= 0.3 is 0 Å². The van der Waals surface area contributed by atoms with Gasteiger partial charge in [-0.05, 0) is 55.0 Å². The number of nitrogens with zero attached hydrogens (tertiary/aromatic N) is 3. The number of imidazole rings is 1. The minimum Gasteiger partial charge on any atom is -0.495 e. The van der Waals surface area contributed by atoms with Crippen LogP contribution in [-0.4, -0.2) is 44.7 Å². The molecule has 0 atom stereocenters. The zero-order valence-corrected chi connectivity index (χ0v) is 21.0. The Kier molecular flexibility index (Phi) is 7.32. The summed E-state index contributed by atoms with van der Waals surface area (Å²) in [5.74, 6) is 0.503. The highest BCUT2D eigenvalue weighted by atomic mass is 19.1. The number of fused-ring (bicyclic) bond motifs is 1. The molecule has 0 aliphatic heterocycles. The van der Waals surface area contributed by atoms with E-state index in [0.29, 0.717) is 63.8 Å². The van der Waals surface area contributed by atoms with Crippen LogP contribution in [0, 0.1) is 5.82 Å². The van der Waals surface area contributed by atoms with Crippen molar-refractivity contribution in [3.63, 3.8) is 0 Å². The quantitative estimate of drug-likeness (QED) is 0.181. The van der Waals surface area contributed by atoms with Gasteiger partial charge < -0.3 is 29.9 Å². The second kappa shape index (κ2) is 11.2. The first-order chi connectivity index (χ1) is 19.0. The first-order valence-electron chi connectivity index (χ1n) is 12.1. The molecule has 0 saturated carbocycles. The highest BCUT2D eigenvalue weighted by Crippen LogP contribution is 2.35. The molecule has 0 fully saturated rings. The SMILES string of the molecule is C=CC(=O)Nc1ccc(OC)c(Nc2nccc(-c3[nH]c(CCCO)nc3-c3cc4occc4cc3F)n2)c1. The number of carbonyl (C=O) groups excluding carboxylic acids is 1. The van der Waals surface area contributed by atoms with Gasteiger partial charge in [0.25, 0.3) is 0 Å². The summed E-state index contributed by atoms with van der Waals surface area (Å²) in [5.41, 5.74) is 3.11. The Morgan fingerprint density at radius 2 is 2.10 bits per heavy atom. The van der Waals surface area contributed by atoms with Crippen LogP contribution in [0.3, 0.4) is 0 Å². The van der Waals surface area contributed by atoms with Gasteiger partial charge in [-0.2, -0.15) is 0 Å². The average Bonchev–Trinajstić information content (AvgIpc) is 3.58. The van der Waals surface area contributed by atoms with Crippen LogP contribution < -0.4 is 15.4 Å². The molecule has 0 aliphatic rings. The van der Waals surface area contributed by atoms with Crippen molar-refractivity contribution in [2.24, 2.45) is 0 Å². The summed E-state index contributed by atoms with van der Waals surface area (Å²) < 4.78 is 26.1. The summed E-state index contributed by atoms with van der Waals surface area (Å²) in [5, 5.41) is 15.8. The minimum absolute atomic E-state index is 0.00614. The van der Waals surface area contributed by atoms with Crippen molar-refractivity contribution in [3.8, 4) is 28.4 Å². The lowest BCUT2D eigenvalue weighted by atomic mass is 10.1. The van der Waals surface area contributed by atoms with Gasteiger partial charge in [0.15, 0.2) is 0 Å². The molecule has 198 valence electrons. The fourth-order valence-electron chi connectivity index (χ4n) is 4.09. The van der Waals surface area contributed by atoms with Crippen molar-refractivity contribution in [2.45, 2.75) is 12.8 Å². The maximum absolute atomic E-state index is 15.2. The number of methoxy groups -OCH3 is 1. The van der Waals surface area contributed by atoms with Crippen molar-refractivity contribution in [1.29, 1.82) is 0 Å². The van der Waals surface area contributed by atoms with Gasteiger partial charge in [0.2, 0.25) is 11.9 Å². The second-order valence-corrected chi connectivity index (χ2v) is 8.52. The summed E-state index contributed by atoms with van der Waals surface area (Å²) in [7, 11) is 1.52. The van der Waals surface area contributed by atoms with E-state index in [1.54, 1.807) is 42.6 Å². The highest BCUT2D eigenvalue weighted by molar-refractivity contribution is 5.99.